The molecule has 0 fully saturated rings. The molecule has 10 nitrogen and oxygen atoms in total. The summed E-state index contributed by atoms with van der Waals surface area (Å²) in [6, 6.07) is 12.9. The molecule has 1 aromatic heterocycles. The van der Waals surface area contributed by atoms with Crippen molar-refractivity contribution in [3.63, 3.8) is 0 Å². The number of hydrogen-bond donors (Lipinski definition) is 4. The van der Waals surface area contributed by atoms with Crippen molar-refractivity contribution >= 4 is 28.4 Å². The molecule has 0 amide bonds. The van der Waals surface area contributed by atoms with E-state index in [-0.39, 0.29) is 30.4 Å². The number of phenolic OH excluding ortho intramolecular Hbond substituents is 1. The molecule has 0 unspecified atom stereocenters. The normalized spacial score (nSPS) is 17.2. The number of aromatic amines is 1. The molecule has 1 atom stereocenters. The molecule has 1 spiro atoms. The molecule has 2 aromatic carbocycles. The molecule has 4 aliphatic rings. The predicted molar refractivity (Wildman–Crippen MR) is 171 cm³/mol. The van der Waals surface area contributed by atoms with E-state index in [4.69, 9.17) is 4.74 Å². The Morgan fingerprint density at radius 2 is 1.54 bits per heavy atom. The van der Waals surface area contributed by atoms with Crippen LogP contribution in [0.15, 0.2) is 90.7 Å². The van der Waals surface area contributed by atoms with E-state index in [0.717, 1.165) is 6.07 Å². The highest BCUT2D eigenvalue weighted by Gasteiger charge is 2.53. The van der Waals surface area contributed by atoms with Crippen LogP contribution in [0, 0.1) is 10.4 Å². The van der Waals surface area contributed by atoms with Gasteiger partial charge in [0, 0.05) is 17.3 Å². The first kappa shape index (κ1) is 28.7. The Morgan fingerprint density at radius 3 is 2.24 bits per heavy atom. The van der Waals surface area contributed by atoms with E-state index in [9.17, 15) is 39.3 Å². The summed E-state index contributed by atoms with van der Waals surface area (Å²) in [4.78, 5) is 70.2. The number of benzene rings is 2. The fraction of sp³-hybridized carbons (Fsp3) is 0.139. The minimum atomic E-state index is -1.96. The average molecular weight is 616 g/mol. The van der Waals surface area contributed by atoms with Crippen molar-refractivity contribution in [2.75, 3.05) is 0 Å². The second-order valence-corrected chi connectivity index (χ2v) is 11.4. The molecular formula is C36H25NO9. The van der Waals surface area contributed by atoms with Crippen LogP contribution in [-0.4, -0.2) is 20.3 Å². The van der Waals surface area contributed by atoms with Gasteiger partial charge in [-0.2, -0.15) is 0 Å². The first-order valence-corrected chi connectivity index (χ1v) is 14.5. The zero-order valence-corrected chi connectivity index (χ0v) is 24.3. The highest BCUT2D eigenvalue weighted by Crippen LogP contribution is 2.54. The molecule has 228 valence electrons. The van der Waals surface area contributed by atoms with Crippen LogP contribution in [-0.2, 0) is 18.4 Å². The number of rotatable bonds is 5. The van der Waals surface area contributed by atoms with Crippen LogP contribution < -0.4 is 42.4 Å². The van der Waals surface area contributed by atoms with Crippen LogP contribution in [0.25, 0.3) is 28.4 Å². The standard InChI is InChI=1S/C36H25NO9/c1-2-3-5-10-20-14-19-13-18-11-12-36(28(18)32(42)23(19)35(45)37-20)33(43)26-27(34(36)44)31(41)25-24(30(26)40)21(38)15-22(29(25)39)46-16-17-8-6-4-7-9-17/h2-10,13-15,42-44H,11-12,16H2,1H3,(H,37,45)/t36-/m0/s1. The first-order valence-electron chi connectivity index (χ1n) is 14.5. The van der Waals surface area contributed by atoms with Crippen LogP contribution in [0.5, 0.6) is 11.5 Å². The van der Waals surface area contributed by atoms with E-state index in [1.165, 1.54) is 0 Å². The molecule has 3 aromatic rings. The van der Waals surface area contributed by atoms with Gasteiger partial charge in [0.25, 0.3) is 5.56 Å². The monoisotopic (exact) mass is 615 g/mol. The Bertz CT molecular complexity index is 2680. The van der Waals surface area contributed by atoms with E-state index < -0.39 is 76.6 Å². The summed E-state index contributed by atoms with van der Waals surface area (Å²) >= 11 is 0. The number of aromatic nitrogens is 1. The Labute approximate surface area is 257 Å². The minimum absolute atomic E-state index is 0.0339. The number of aliphatic hydroxyl groups is 2. The van der Waals surface area contributed by atoms with Crippen molar-refractivity contribution in [1.29, 1.82) is 0 Å². The molecule has 0 saturated carbocycles. The molecule has 4 aliphatic carbocycles. The maximum Gasteiger partial charge on any atom is 0.260 e. The lowest BCUT2D eigenvalue weighted by Crippen LogP contribution is -2.52. The minimum Gasteiger partial charge on any atom is -0.510 e. The van der Waals surface area contributed by atoms with Crippen molar-refractivity contribution < 1.29 is 20.1 Å². The lowest BCUT2D eigenvalue weighted by Gasteiger charge is -2.27. The second kappa shape index (κ2) is 10.3. The maximum absolute atomic E-state index is 13.9. The van der Waals surface area contributed by atoms with Crippen LogP contribution in [0.4, 0.5) is 0 Å². The maximum atomic E-state index is 13.9. The summed E-state index contributed by atoms with van der Waals surface area (Å²) in [5.74, 6) is -2.46. The van der Waals surface area contributed by atoms with E-state index in [2.05, 4.69) is 4.98 Å². The Morgan fingerprint density at radius 1 is 0.848 bits per heavy atom. The number of nitrogens with one attached hydrogen (secondary N) is 1. The number of aryl methyl sites for hydroxylation is 1. The fourth-order valence-corrected chi connectivity index (χ4v) is 6.82. The number of aliphatic hydroxyl groups excluding tert-OH is 2. The Balaban J connectivity index is 1.49. The quantitative estimate of drug-likeness (QED) is 0.215. The number of fused-ring (bicyclic) bond motifs is 4. The molecular weight excluding hydrogens is 590 g/mol. The molecule has 0 radical (unpaired) electrons. The van der Waals surface area contributed by atoms with Crippen molar-refractivity contribution in [1.82, 2.24) is 4.98 Å². The summed E-state index contributed by atoms with van der Waals surface area (Å²) < 4.78 is 5.57. The molecule has 4 N–H and O–H groups in total. The Kier molecular flexibility index (Phi) is 6.41. The lowest BCUT2D eigenvalue weighted by atomic mass is 9.78. The number of ether oxygens (including phenoxy) is 1. The number of H-pyrrole nitrogens is 1. The van der Waals surface area contributed by atoms with E-state index in [1.54, 1.807) is 60.7 Å². The largest absolute Gasteiger partial charge is 0.510 e. The molecule has 0 aliphatic heterocycles. The van der Waals surface area contributed by atoms with Gasteiger partial charge < -0.3 is 25.0 Å². The average Bonchev–Trinajstić information content (AvgIpc) is 3.53. The molecule has 0 bridgehead atoms. The van der Waals surface area contributed by atoms with E-state index >= 15 is 0 Å². The van der Waals surface area contributed by atoms with Crippen molar-refractivity contribution in [2.45, 2.75) is 31.8 Å². The third kappa shape index (κ3) is 3.86. The van der Waals surface area contributed by atoms with Crippen molar-refractivity contribution in [2.24, 2.45) is 0 Å². The summed E-state index contributed by atoms with van der Waals surface area (Å²) in [7, 11) is 0. The molecule has 10 heteroatoms. The number of aromatic hydroxyl groups is 1. The zero-order chi connectivity index (χ0) is 32.5. The third-order valence-corrected chi connectivity index (χ3v) is 8.87. The van der Waals surface area contributed by atoms with Gasteiger partial charge in [-0.1, -0.05) is 54.6 Å². The number of pyridine rings is 1. The SMILES string of the molecule is CC=CC=Cc1cc2cc3c(c(O)c2c(=O)[nH]1)[C@@]1(CC3)C(O)=c2c(=O)c3c(=O)cc(OCc4ccccc4)c(=O)c=3c(=O)c2=C1O. The van der Waals surface area contributed by atoms with Gasteiger partial charge in [-0.05, 0) is 48.4 Å². The number of hydrogen-bond acceptors (Lipinski definition) is 9. The van der Waals surface area contributed by atoms with Crippen LogP contribution in [0.2, 0.25) is 0 Å². The van der Waals surface area contributed by atoms with Gasteiger partial charge in [0.15, 0.2) is 11.2 Å². The van der Waals surface area contributed by atoms with Crippen LogP contribution in [0.3, 0.4) is 0 Å². The third-order valence-electron chi connectivity index (χ3n) is 8.87. The molecule has 0 saturated heterocycles. The van der Waals surface area contributed by atoms with Crippen LogP contribution >= 0.6 is 0 Å². The van der Waals surface area contributed by atoms with Gasteiger partial charge in [0.05, 0.1) is 26.3 Å². The predicted octanol–water partition coefficient (Wildman–Crippen LogP) is 1.67. The van der Waals surface area contributed by atoms with Gasteiger partial charge in [0.1, 0.15) is 29.3 Å². The summed E-state index contributed by atoms with van der Waals surface area (Å²) in [5, 5.41) is 32.4. The lowest BCUT2D eigenvalue weighted by molar-refractivity contribution is 0.303. The smallest absolute Gasteiger partial charge is 0.260 e. The number of allylic oxidation sites excluding steroid dienone is 3. The zero-order valence-electron chi connectivity index (χ0n) is 24.3. The summed E-state index contributed by atoms with van der Waals surface area (Å²) in [6.07, 6.45) is 7.14. The van der Waals surface area contributed by atoms with Crippen molar-refractivity contribution in [3.05, 3.63) is 161 Å². The first-order chi connectivity index (χ1) is 22.1. The Hall–Kier alpha value is -6.03. The highest BCUT2D eigenvalue weighted by atomic mass is 16.5. The van der Waals surface area contributed by atoms with Gasteiger partial charge in [-0.25, -0.2) is 0 Å². The summed E-state index contributed by atoms with van der Waals surface area (Å²) in [5.41, 5.74) is -5.17. The van der Waals surface area contributed by atoms with Gasteiger partial charge in [0.2, 0.25) is 16.3 Å². The second-order valence-electron chi connectivity index (χ2n) is 11.4. The fourth-order valence-electron chi connectivity index (χ4n) is 6.82. The highest BCUT2D eigenvalue weighted by molar-refractivity contribution is 5.94. The molecule has 1 heterocycles. The van der Waals surface area contributed by atoms with Crippen LogP contribution in [0.1, 0.15) is 35.7 Å². The van der Waals surface area contributed by atoms with Crippen molar-refractivity contribution in [3.8, 4) is 11.5 Å². The van der Waals surface area contributed by atoms with E-state index in [0.29, 0.717) is 22.2 Å². The van der Waals surface area contributed by atoms with Gasteiger partial charge >= 0.3 is 0 Å². The molecule has 46 heavy (non-hydrogen) atoms. The topological polar surface area (TPSA) is 171 Å². The van der Waals surface area contributed by atoms with Gasteiger partial charge in [-0.15, -0.1) is 0 Å². The molecule has 7 rings (SSSR count). The van der Waals surface area contributed by atoms with E-state index in [1.807, 2.05) is 13.0 Å². The summed E-state index contributed by atoms with van der Waals surface area (Å²) in [6.45, 7) is 1.76. The van der Waals surface area contributed by atoms with Gasteiger partial charge in [-0.3, -0.25) is 24.0 Å². The number of phenols is 1.